The minimum atomic E-state index is -4.39. The van der Waals surface area contributed by atoms with Gasteiger partial charge in [-0.25, -0.2) is 0 Å². The molecule has 0 aliphatic heterocycles. The van der Waals surface area contributed by atoms with Gasteiger partial charge in [0.1, 0.15) is 6.10 Å². The summed E-state index contributed by atoms with van der Waals surface area (Å²) in [5.41, 5.74) is -0.337. The number of ether oxygens (including phenoxy) is 2. The van der Waals surface area contributed by atoms with Crippen molar-refractivity contribution in [1.82, 2.24) is 0 Å². The summed E-state index contributed by atoms with van der Waals surface area (Å²) in [5, 5.41) is 0. The van der Waals surface area contributed by atoms with Gasteiger partial charge in [0.05, 0.1) is 18.8 Å². The molecule has 0 spiro atoms. The smallest absolute Gasteiger partial charge is 0.379 e. The van der Waals surface area contributed by atoms with Crippen LogP contribution in [0.2, 0.25) is 0 Å². The largest absolute Gasteiger partial charge is 0.416 e. The van der Waals surface area contributed by atoms with Crippen LogP contribution in [-0.2, 0) is 20.4 Å². The summed E-state index contributed by atoms with van der Waals surface area (Å²) in [7, 11) is 0. The van der Waals surface area contributed by atoms with Crippen molar-refractivity contribution in [3.05, 3.63) is 29.8 Å². The van der Waals surface area contributed by atoms with Crippen molar-refractivity contribution in [2.24, 2.45) is 0 Å². The number of alkyl halides is 3. The van der Waals surface area contributed by atoms with E-state index >= 15 is 0 Å². The highest BCUT2D eigenvalue weighted by molar-refractivity contribution is 5.96. The lowest BCUT2D eigenvalue weighted by Crippen LogP contribution is -2.39. The number of nitrogens with zero attached hydrogens (tertiary/aromatic N) is 1. The third-order valence-corrected chi connectivity index (χ3v) is 3.24. The fourth-order valence-electron chi connectivity index (χ4n) is 2.01. The molecule has 0 heterocycles. The van der Waals surface area contributed by atoms with Crippen molar-refractivity contribution >= 4 is 11.6 Å². The van der Waals surface area contributed by atoms with E-state index in [1.807, 2.05) is 6.92 Å². The molecular formula is C16H22F3NO3. The summed E-state index contributed by atoms with van der Waals surface area (Å²) >= 11 is 0. The second kappa shape index (κ2) is 8.88. The van der Waals surface area contributed by atoms with Gasteiger partial charge in [0.2, 0.25) is 0 Å². The molecule has 1 aromatic rings. The molecule has 0 N–H and O–H groups in total. The van der Waals surface area contributed by atoms with Crippen LogP contribution < -0.4 is 4.90 Å². The van der Waals surface area contributed by atoms with Crippen molar-refractivity contribution in [2.45, 2.75) is 33.1 Å². The Hall–Kier alpha value is -1.60. The van der Waals surface area contributed by atoms with Crippen molar-refractivity contribution in [3.8, 4) is 0 Å². The highest BCUT2D eigenvalue weighted by Gasteiger charge is 2.30. The van der Waals surface area contributed by atoms with Crippen molar-refractivity contribution in [3.63, 3.8) is 0 Å². The lowest BCUT2D eigenvalue weighted by molar-refractivity contribution is -0.137. The fraction of sp³-hybridized carbons (Fsp3) is 0.562. The van der Waals surface area contributed by atoms with Crippen LogP contribution in [0.1, 0.15) is 26.3 Å². The van der Waals surface area contributed by atoms with Crippen LogP contribution in [0, 0.1) is 0 Å². The van der Waals surface area contributed by atoms with Gasteiger partial charge in [-0.1, -0.05) is 0 Å². The Balaban J connectivity index is 2.73. The first kappa shape index (κ1) is 19.4. The molecule has 0 saturated carbocycles. The van der Waals surface area contributed by atoms with E-state index in [0.29, 0.717) is 25.4 Å². The standard InChI is InChI=1S/C16H22F3NO3/c1-4-20(15(21)12(3)23-11-10-22-5-2)14-8-6-13(7-9-14)16(17,18)19/h6-9,12H,4-5,10-11H2,1-3H3/t12-/m1/s1. The maximum Gasteiger partial charge on any atom is 0.416 e. The van der Waals surface area contributed by atoms with E-state index in [0.717, 1.165) is 12.1 Å². The lowest BCUT2D eigenvalue weighted by Gasteiger charge is -2.25. The molecule has 1 amide bonds. The molecule has 0 radical (unpaired) electrons. The van der Waals surface area contributed by atoms with Crippen molar-refractivity contribution in [1.29, 1.82) is 0 Å². The quantitative estimate of drug-likeness (QED) is 0.684. The van der Waals surface area contributed by atoms with E-state index in [4.69, 9.17) is 9.47 Å². The van der Waals surface area contributed by atoms with Gasteiger partial charge in [-0.3, -0.25) is 4.79 Å². The highest BCUT2D eigenvalue weighted by atomic mass is 19.4. The van der Waals surface area contributed by atoms with Gasteiger partial charge < -0.3 is 14.4 Å². The third kappa shape index (κ3) is 5.84. The van der Waals surface area contributed by atoms with Crippen molar-refractivity contribution in [2.75, 3.05) is 31.3 Å². The first-order chi connectivity index (χ1) is 10.8. The van der Waals surface area contributed by atoms with Crippen LogP contribution in [-0.4, -0.2) is 38.4 Å². The SMILES string of the molecule is CCOCCO[C@H](C)C(=O)N(CC)c1ccc(C(F)(F)F)cc1. The first-order valence-electron chi connectivity index (χ1n) is 7.49. The van der Waals surface area contributed by atoms with E-state index in [1.165, 1.54) is 17.0 Å². The average Bonchev–Trinajstić information content (AvgIpc) is 2.51. The van der Waals surface area contributed by atoms with E-state index in [2.05, 4.69) is 0 Å². The Labute approximate surface area is 134 Å². The Bertz CT molecular complexity index is 488. The molecule has 130 valence electrons. The summed E-state index contributed by atoms with van der Waals surface area (Å²) in [6.07, 6.45) is -5.09. The maximum atomic E-state index is 12.6. The highest BCUT2D eigenvalue weighted by Crippen LogP contribution is 2.30. The number of anilines is 1. The van der Waals surface area contributed by atoms with Crippen LogP contribution in [0.25, 0.3) is 0 Å². The molecule has 1 atom stereocenters. The second-order valence-electron chi connectivity index (χ2n) is 4.84. The molecule has 0 aromatic heterocycles. The Morgan fingerprint density at radius 1 is 1.17 bits per heavy atom. The monoisotopic (exact) mass is 333 g/mol. The van der Waals surface area contributed by atoms with Gasteiger partial charge >= 0.3 is 6.18 Å². The molecule has 0 fully saturated rings. The number of carbonyl (C=O) groups is 1. The van der Waals surface area contributed by atoms with Crippen molar-refractivity contribution < 1.29 is 27.4 Å². The maximum absolute atomic E-state index is 12.6. The Morgan fingerprint density at radius 2 is 1.78 bits per heavy atom. The fourth-order valence-corrected chi connectivity index (χ4v) is 2.01. The van der Waals surface area contributed by atoms with Gasteiger partial charge in [-0.05, 0) is 45.0 Å². The van der Waals surface area contributed by atoms with E-state index in [1.54, 1.807) is 13.8 Å². The zero-order chi connectivity index (χ0) is 17.5. The van der Waals surface area contributed by atoms with E-state index in [9.17, 15) is 18.0 Å². The van der Waals surface area contributed by atoms with Gasteiger partial charge in [0, 0.05) is 18.8 Å². The molecule has 1 rings (SSSR count). The van der Waals surface area contributed by atoms with E-state index < -0.39 is 17.8 Å². The minimum absolute atomic E-state index is 0.283. The van der Waals surface area contributed by atoms with Crippen LogP contribution in [0.3, 0.4) is 0 Å². The Morgan fingerprint density at radius 3 is 2.26 bits per heavy atom. The zero-order valence-corrected chi connectivity index (χ0v) is 13.5. The molecule has 0 aliphatic rings. The topological polar surface area (TPSA) is 38.8 Å². The van der Waals surface area contributed by atoms with Crippen LogP contribution in [0.4, 0.5) is 18.9 Å². The molecule has 1 aromatic carbocycles. The molecule has 4 nitrogen and oxygen atoms in total. The summed E-state index contributed by atoms with van der Waals surface area (Å²) in [5.74, 6) is -0.302. The van der Waals surface area contributed by atoms with E-state index in [-0.39, 0.29) is 12.5 Å². The number of hydrogen-bond donors (Lipinski definition) is 0. The predicted molar refractivity (Wildman–Crippen MR) is 81.4 cm³/mol. The molecular weight excluding hydrogens is 311 g/mol. The van der Waals surface area contributed by atoms with Crippen LogP contribution in [0.5, 0.6) is 0 Å². The summed E-state index contributed by atoms with van der Waals surface area (Å²) in [6.45, 7) is 6.80. The normalized spacial score (nSPS) is 13.0. The molecule has 0 unspecified atom stereocenters. The minimum Gasteiger partial charge on any atom is -0.379 e. The predicted octanol–water partition coefficient (Wildman–Crippen LogP) is 3.50. The number of halogens is 3. The van der Waals surface area contributed by atoms with Crippen LogP contribution >= 0.6 is 0 Å². The molecule has 23 heavy (non-hydrogen) atoms. The molecule has 0 bridgehead atoms. The van der Waals surface area contributed by atoms with Gasteiger partial charge in [-0.2, -0.15) is 13.2 Å². The number of amides is 1. The third-order valence-electron chi connectivity index (χ3n) is 3.24. The molecule has 0 aliphatic carbocycles. The number of benzene rings is 1. The molecule has 0 saturated heterocycles. The zero-order valence-electron chi connectivity index (χ0n) is 13.5. The van der Waals surface area contributed by atoms with Gasteiger partial charge in [-0.15, -0.1) is 0 Å². The first-order valence-corrected chi connectivity index (χ1v) is 7.49. The lowest BCUT2D eigenvalue weighted by atomic mass is 10.1. The average molecular weight is 333 g/mol. The number of likely N-dealkylation sites (N-methyl/N-ethyl adjacent to an activating group) is 1. The van der Waals surface area contributed by atoms with Gasteiger partial charge in [0.15, 0.2) is 0 Å². The van der Waals surface area contributed by atoms with Crippen LogP contribution in [0.15, 0.2) is 24.3 Å². The number of rotatable bonds is 8. The number of hydrogen-bond acceptors (Lipinski definition) is 3. The summed E-state index contributed by atoms with van der Waals surface area (Å²) in [6, 6.07) is 4.51. The number of carbonyl (C=O) groups excluding carboxylic acids is 1. The summed E-state index contributed by atoms with van der Waals surface area (Å²) in [4.78, 5) is 13.8. The summed E-state index contributed by atoms with van der Waals surface area (Å²) < 4.78 is 48.3. The van der Waals surface area contributed by atoms with Gasteiger partial charge in [0.25, 0.3) is 5.91 Å². The Kier molecular flexibility index (Phi) is 7.51. The molecule has 7 heteroatoms. The second-order valence-corrected chi connectivity index (χ2v) is 4.84.